The minimum absolute atomic E-state index is 0.155. The molecule has 0 radical (unpaired) electrons. The monoisotopic (exact) mass is 575 g/mol. The molecule has 0 spiro atoms. The number of thioether (sulfide) groups is 1. The molecule has 3 aromatic rings. The maximum Gasteiger partial charge on any atom is 0.253 e. The van der Waals surface area contributed by atoms with E-state index in [0.29, 0.717) is 40.2 Å². The lowest BCUT2D eigenvalue weighted by atomic mass is 10.0. The van der Waals surface area contributed by atoms with Crippen LogP contribution < -0.4 is 10.6 Å². The zero-order valence-electron chi connectivity index (χ0n) is 19.5. The molecular formula is C25H27BrClN5O2S. The fourth-order valence-electron chi connectivity index (χ4n) is 3.41. The average molecular weight is 577 g/mol. The number of hydrogen-bond donors (Lipinski definition) is 2. The van der Waals surface area contributed by atoms with E-state index in [4.69, 9.17) is 11.6 Å². The van der Waals surface area contributed by atoms with Gasteiger partial charge in [0.25, 0.3) is 5.91 Å². The second-order valence-electron chi connectivity index (χ2n) is 8.22. The number of hydrogen-bond acceptors (Lipinski definition) is 5. The van der Waals surface area contributed by atoms with Gasteiger partial charge in [-0.15, -0.1) is 16.8 Å². The number of halogens is 2. The number of aromatic nitrogens is 3. The second kappa shape index (κ2) is 12.9. The van der Waals surface area contributed by atoms with Gasteiger partial charge in [-0.2, -0.15) is 0 Å². The summed E-state index contributed by atoms with van der Waals surface area (Å²) >= 11 is 10.9. The molecule has 0 aliphatic carbocycles. The average Bonchev–Trinajstić information content (AvgIpc) is 3.21. The molecule has 184 valence electrons. The number of allylic oxidation sites excluding steroid dienone is 1. The Labute approximate surface area is 222 Å². The third-order valence-electron chi connectivity index (χ3n) is 4.96. The Bertz CT molecular complexity index is 1180. The number of anilines is 1. The van der Waals surface area contributed by atoms with Gasteiger partial charge in [0, 0.05) is 16.7 Å². The lowest BCUT2D eigenvalue weighted by Crippen LogP contribution is -2.32. The highest BCUT2D eigenvalue weighted by Crippen LogP contribution is 2.26. The largest absolute Gasteiger partial charge is 0.342 e. The molecule has 0 saturated carbocycles. The smallest absolute Gasteiger partial charge is 0.253 e. The van der Waals surface area contributed by atoms with Gasteiger partial charge in [0.15, 0.2) is 11.0 Å². The summed E-state index contributed by atoms with van der Waals surface area (Å²) in [7, 11) is 0. The lowest BCUT2D eigenvalue weighted by Gasteiger charge is -2.21. The fraction of sp³-hybridized carbons (Fsp3) is 0.280. The van der Waals surface area contributed by atoms with Crippen LogP contribution in [-0.4, -0.2) is 32.3 Å². The van der Waals surface area contributed by atoms with Crippen molar-refractivity contribution >= 4 is 56.8 Å². The Morgan fingerprint density at radius 2 is 1.89 bits per heavy atom. The van der Waals surface area contributed by atoms with Crippen LogP contribution in [0.15, 0.2) is 70.8 Å². The molecule has 0 aliphatic heterocycles. The van der Waals surface area contributed by atoms with Crippen molar-refractivity contribution in [2.24, 2.45) is 5.92 Å². The summed E-state index contributed by atoms with van der Waals surface area (Å²) in [6.07, 6.45) is 2.39. The highest BCUT2D eigenvalue weighted by molar-refractivity contribution is 9.10. The molecular weight excluding hydrogens is 550 g/mol. The van der Waals surface area contributed by atoms with Crippen LogP contribution in [0.2, 0.25) is 5.02 Å². The molecule has 1 heterocycles. The van der Waals surface area contributed by atoms with Crippen molar-refractivity contribution in [1.29, 1.82) is 0 Å². The predicted molar refractivity (Wildman–Crippen MR) is 145 cm³/mol. The third kappa shape index (κ3) is 7.68. The summed E-state index contributed by atoms with van der Waals surface area (Å²) in [5, 5.41) is 15.6. The molecule has 0 bridgehead atoms. The first-order chi connectivity index (χ1) is 16.8. The van der Waals surface area contributed by atoms with Crippen molar-refractivity contribution < 1.29 is 9.59 Å². The van der Waals surface area contributed by atoms with E-state index in [2.05, 4.69) is 57.2 Å². The van der Waals surface area contributed by atoms with Crippen LogP contribution in [0.3, 0.4) is 0 Å². The zero-order valence-corrected chi connectivity index (χ0v) is 22.7. The molecule has 0 saturated heterocycles. The van der Waals surface area contributed by atoms with Crippen molar-refractivity contribution in [3.05, 3.63) is 82.1 Å². The molecule has 7 nitrogen and oxygen atoms in total. The number of benzene rings is 2. The Morgan fingerprint density at radius 3 is 2.54 bits per heavy atom. The second-order valence-corrected chi connectivity index (χ2v) is 10.5. The van der Waals surface area contributed by atoms with Crippen LogP contribution >= 0.6 is 39.3 Å². The van der Waals surface area contributed by atoms with Crippen molar-refractivity contribution in [3.8, 4) is 0 Å². The minimum atomic E-state index is -0.392. The van der Waals surface area contributed by atoms with Gasteiger partial charge < -0.3 is 15.2 Å². The van der Waals surface area contributed by atoms with Gasteiger partial charge in [0.05, 0.1) is 22.4 Å². The van der Waals surface area contributed by atoms with E-state index >= 15 is 0 Å². The van der Waals surface area contributed by atoms with Crippen LogP contribution in [0, 0.1) is 5.92 Å². The molecule has 10 heteroatoms. The number of nitrogens with one attached hydrogen (secondary N) is 2. The first kappa shape index (κ1) is 27.0. The van der Waals surface area contributed by atoms with Gasteiger partial charge in [0.2, 0.25) is 5.91 Å². The number of carbonyl (C=O) groups excluding carboxylic acids is 2. The van der Waals surface area contributed by atoms with E-state index in [1.165, 1.54) is 11.8 Å². The quantitative estimate of drug-likeness (QED) is 0.212. The van der Waals surface area contributed by atoms with E-state index < -0.39 is 6.04 Å². The highest BCUT2D eigenvalue weighted by atomic mass is 79.9. The number of nitrogens with zero attached hydrogens (tertiary/aromatic N) is 3. The Morgan fingerprint density at radius 1 is 1.17 bits per heavy atom. The lowest BCUT2D eigenvalue weighted by molar-refractivity contribution is -0.113. The topological polar surface area (TPSA) is 88.9 Å². The Hall–Kier alpha value is -2.62. The van der Waals surface area contributed by atoms with Crippen molar-refractivity contribution in [3.63, 3.8) is 0 Å². The fourth-order valence-corrected chi connectivity index (χ4v) is 4.65. The number of carbonyl (C=O) groups is 2. The van der Waals surface area contributed by atoms with Gasteiger partial charge >= 0.3 is 0 Å². The van der Waals surface area contributed by atoms with E-state index in [1.54, 1.807) is 30.3 Å². The molecule has 1 aromatic heterocycles. The zero-order chi connectivity index (χ0) is 25.4. The SMILES string of the molecule is C=CCn1c(SCC(=O)Nc2ccc(Br)cc2)nnc1[C@H](CC(C)C)NC(=O)c1ccccc1Cl. The van der Waals surface area contributed by atoms with E-state index in [0.717, 1.165) is 4.47 Å². The molecule has 2 amide bonds. The standard InChI is InChI=1S/C25H27BrClN5O2S/c1-4-13-32-23(21(14-16(2)3)29-24(34)19-7-5-6-8-20(19)27)30-31-25(32)35-15-22(33)28-18-11-9-17(26)10-12-18/h4-12,16,21H,1,13-15H2,2-3H3,(H,28,33)(H,29,34)/t21-/m0/s1. The van der Waals surface area contributed by atoms with Gasteiger partial charge in [0.1, 0.15) is 0 Å². The third-order valence-corrected chi connectivity index (χ3v) is 6.79. The first-order valence-corrected chi connectivity index (χ1v) is 13.2. The van der Waals surface area contributed by atoms with Crippen LogP contribution in [0.5, 0.6) is 0 Å². The molecule has 35 heavy (non-hydrogen) atoms. The van der Waals surface area contributed by atoms with Crippen molar-refractivity contribution in [2.45, 2.75) is 38.0 Å². The first-order valence-electron chi connectivity index (χ1n) is 11.1. The Balaban J connectivity index is 1.77. The van der Waals surface area contributed by atoms with Gasteiger partial charge in [-0.3, -0.25) is 9.59 Å². The van der Waals surface area contributed by atoms with Crippen molar-refractivity contribution in [1.82, 2.24) is 20.1 Å². The van der Waals surface area contributed by atoms with E-state index in [9.17, 15) is 9.59 Å². The van der Waals surface area contributed by atoms with E-state index in [-0.39, 0.29) is 23.5 Å². The predicted octanol–water partition coefficient (Wildman–Crippen LogP) is 6.13. The van der Waals surface area contributed by atoms with Crippen LogP contribution in [0.4, 0.5) is 5.69 Å². The van der Waals surface area contributed by atoms with Gasteiger partial charge in [-0.1, -0.05) is 71.3 Å². The van der Waals surface area contributed by atoms with Gasteiger partial charge in [-0.05, 0) is 48.7 Å². The van der Waals surface area contributed by atoms with Gasteiger partial charge in [-0.25, -0.2) is 0 Å². The molecule has 2 N–H and O–H groups in total. The molecule has 3 rings (SSSR count). The van der Waals surface area contributed by atoms with Crippen LogP contribution in [0.25, 0.3) is 0 Å². The van der Waals surface area contributed by atoms with E-state index in [1.807, 2.05) is 28.8 Å². The number of rotatable bonds is 11. The Kier molecular flexibility index (Phi) is 9.94. The maximum absolute atomic E-state index is 13.0. The van der Waals surface area contributed by atoms with Crippen molar-refractivity contribution in [2.75, 3.05) is 11.1 Å². The summed E-state index contributed by atoms with van der Waals surface area (Å²) < 4.78 is 2.82. The summed E-state index contributed by atoms with van der Waals surface area (Å²) in [5.41, 5.74) is 1.11. The minimum Gasteiger partial charge on any atom is -0.342 e. The molecule has 0 aliphatic rings. The summed E-state index contributed by atoms with van der Waals surface area (Å²) in [4.78, 5) is 25.5. The molecule has 0 unspecified atom stereocenters. The highest BCUT2D eigenvalue weighted by Gasteiger charge is 2.25. The maximum atomic E-state index is 13.0. The summed E-state index contributed by atoms with van der Waals surface area (Å²) in [6, 6.07) is 13.9. The number of amides is 2. The summed E-state index contributed by atoms with van der Waals surface area (Å²) in [6.45, 7) is 8.43. The molecule has 2 aromatic carbocycles. The van der Waals surface area contributed by atoms with Crippen LogP contribution in [-0.2, 0) is 11.3 Å². The van der Waals surface area contributed by atoms with Crippen LogP contribution in [0.1, 0.15) is 42.5 Å². The molecule has 0 fully saturated rings. The molecule has 1 atom stereocenters. The summed E-state index contributed by atoms with van der Waals surface area (Å²) in [5.74, 6) is 0.616. The normalized spacial score (nSPS) is 11.8.